The largest absolute Gasteiger partial charge is 0.489 e. The number of fused-ring (bicyclic) bond motifs is 1. The molecule has 1 aromatic carbocycles. The second-order valence-corrected chi connectivity index (χ2v) is 9.03. The van der Waals surface area contributed by atoms with Gasteiger partial charge in [0.2, 0.25) is 5.91 Å². The van der Waals surface area contributed by atoms with E-state index in [0.29, 0.717) is 18.8 Å². The number of carbonyl (C=O) groups excluding carboxylic acids is 2. The van der Waals surface area contributed by atoms with Crippen molar-refractivity contribution < 1.29 is 23.5 Å². The Morgan fingerprint density at radius 1 is 1.31 bits per heavy atom. The Kier molecular flexibility index (Phi) is 4.58. The summed E-state index contributed by atoms with van der Waals surface area (Å²) < 4.78 is 24.6. The number of nitrogens with one attached hydrogen (secondary N) is 1. The third-order valence-corrected chi connectivity index (χ3v) is 6.72. The zero-order valence-electron chi connectivity index (χ0n) is 15.9. The van der Waals surface area contributed by atoms with E-state index in [0.717, 1.165) is 32.4 Å². The molecule has 4 aliphatic rings. The number of urea groups is 1. The minimum atomic E-state index is -0.385. The molecule has 3 aliphatic heterocycles. The van der Waals surface area contributed by atoms with Gasteiger partial charge in [-0.2, -0.15) is 0 Å². The number of amides is 3. The molecule has 1 spiro atoms. The van der Waals surface area contributed by atoms with E-state index >= 15 is 0 Å². The molecule has 9 heteroatoms. The summed E-state index contributed by atoms with van der Waals surface area (Å²) in [7, 11) is 0. The highest BCUT2D eigenvalue weighted by Crippen LogP contribution is 2.50. The molecule has 1 aliphatic carbocycles. The first kappa shape index (κ1) is 18.9. The van der Waals surface area contributed by atoms with E-state index in [2.05, 4.69) is 5.32 Å². The van der Waals surface area contributed by atoms with E-state index in [1.807, 2.05) is 9.80 Å². The van der Waals surface area contributed by atoms with Gasteiger partial charge in [0.25, 0.3) is 0 Å². The number of piperidine rings is 1. The topological polar surface area (TPSA) is 71.1 Å². The lowest BCUT2D eigenvalue weighted by atomic mass is 9.62. The number of rotatable bonds is 2. The Morgan fingerprint density at radius 2 is 2.10 bits per heavy atom. The van der Waals surface area contributed by atoms with Crippen LogP contribution in [0.3, 0.4) is 0 Å². The van der Waals surface area contributed by atoms with Gasteiger partial charge in [-0.1, -0.05) is 11.6 Å². The van der Waals surface area contributed by atoms with Gasteiger partial charge in [-0.3, -0.25) is 4.79 Å². The first-order chi connectivity index (χ1) is 13.9. The molecule has 5 rings (SSSR count). The number of hydrogen-bond donors (Lipinski definition) is 1. The molecule has 3 amide bonds. The summed E-state index contributed by atoms with van der Waals surface area (Å²) in [6.45, 7) is 2.68. The quantitative estimate of drug-likeness (QED) is 0.790. The normalized spacial score (nSPS) is 28.3. The van der Waals surface area contributed by atoms with Crippen LogP contribution in [0.1, 0.15) is 19.3 Å². The highest BCUT2D eigenvalue weighted by atomic mass is 35.5. The fourth-order valence-corrected chi connectivity index (χ4v) is 5.18. The summed E-state index contributed by atoms with van der Waals surface area (Å²) in [5, 5.41) is 3.20. The summed E-state index contributed by atoms with van der Waals surface area (Å²) in [5.74, 6) is -0.00558. The van der Waals surface area contributed by atoms with Crippen LogP contribution in [-0.4, -0.2) is 72.8 Å². The number of carbonyl (C=O) groups is 2. The maximum Gasteiger partial charge on any atom is 0.320 e. The molecule has 1 unspecified atom stereocenters. The average molecular weight is 424 g/mol. The maximum absolute atomic E-state index is 13.1. The Bertz CT molecular complexity index is 839. The summed E-state index contributed by atoms with van der Waals surface area (Å²) in [5.41, 5.74) is 0.118. The Labute approximate surface area is 173 Å². The van der Waals surface area contributed by atoms with Crippen molar-refractivity contribution in [1.29, 1.82) is 0 Å². The van der Waals surface area contributed by atoms with Crippen LogP contribution in [0.5, 0.6) is 5.75 Å². The second-order valence-electron chi connectivity index (χ2n) is 8.62. The van der Waals surface area contributed by atoms with Crippen molar-refractivity contribution >= 4 is 23.5 Å². The molecule has 3 saturated heterocycles. The molecule has 1 aromatic rings. The van der Waals surface area contributed by atoms with E-state index in [9.17, 15) is 14.0 Å². The molecule has 156 valence electrons. The van der Waals surface area contributed by atoms with Gasteiger partial charge < -0.3 is 24.6 Å². The molecule has 29 heavy (non-hydrogen) atoms. The Morgan fingerprint density at radius 3 is 2.86 bits per heavy atom. The summed E-state index contributed by atoms with van der Waals surface area (Å²) in [6.07, 6.45) is 2.50. The standard InChI is InChI=1S/C20H23ClFN3O4/c21-14-5-12(22)1-2-16(14)29-13-6-20(7-13)10-25(11-20)19(27)24-4-3-17-15(8-24)23-18(26)9-28-17/h1-2,5,13,15,17H,3-4,6-11H2,(H,23,26)/t15?,17-/m1/s1. The minimum Gasteiger partial charge on any atom is -0.489 e. The molecule has 0 bridgehead atoms. The van der Waals surface area contributed by atoms with E-state index in [1.165, 1.54) is 12.1 Å². The molecule has 4 fully saturated rings. The van der Waals surface area contributed by atoms with Crippen molar-refractivity contribution in [3.05, 3.63) is 29.0 Å². The predicted octanol–water partition coefficient (Wildman–Crippen LogP) is 2.03. The molecule has 1 N–H and O–H groups in total. The molecular formula is C20H23ClFN3O4. The first-order valence-corrected chi connectivity index (χ1v) is 10.4. The van der Waals surface area contributed by atoms with Gasteiger partial charge in [-0.25, -0.2) is 9.18 Å². The van der Waals surface area contributed by atoms with Gasteiger partial charge in [-0.05, 0) is 37.5 Å². The van der Waals surface area contributed by atoms with E-state index in [-0.39, 0.29) is 53.0 Å². The molecular weight excluding hydrogens is 401 g/mol. The Balaban J connectivity index is 1.10. The number of morpholine rings is 1. The fraction of sp³-hybridized carbons (Fsp3) is 0.600. The van der Waals surface area contributed by atoms with Crippen LogP contribution in [0.15, 0.2) is 18.2 Å². The average Bonchev–Trinajstić information content (AvgIpc) is 2.63. The van der Waals surface area contributed by atoms with Crippen molar-refractivity contribution in [2.45, 2.75) is 37.5 Å². The Hall–Kier alpha value is -2.06. The van der Waals surface area contributed by atoms with Gasteiger partial charge in [-0.15, -0.1) is 0 Å². The van der Waals surface area contributed by atoms with Crippen LogP contribution in [0.2, 0.25) is 5.02 Å². The lowest BCUT2D eigenvalue weighted by Gasteiger charge is -2.59. The predicted molar refractivity (Wildman–Crippen MR) is 102 cm³/mol. The smallest absolute Gasteiger partial charge is 0.320 e. The van der Waals surface area contributed by atoms with Gasteiger partial charge in [0, 0.05) is 31.6 Å². The van der Waals surface area contributed by atoms with Gasteiger partial charge >= 0.3 is 6.03 Å². The number of halogens is 2. The molecule has 2 atom stereocenters. The zero-order chi connectivity index (χ0) is 20.2. The van der Waals surface area contributed by atoms with Crippen LogP contribution in [-0.2, 0) is 9.53 Å². The van der Waals surface area contributed by atoms with Crippen LogP contribution < -0.4 is 10.1 Å². The van der Waals surface area contributed by atoms with Gasteiger partial charge in [0.1, 0.15) is 24.3 Å². The van der Waals surface area contributed by atoms with Crippen LogP contribution in [0, 0.1) is 11.2 Å². The third kappa shape index (κ3) is 3.53. The molecule has 3 heterocycles. The first-order valence-electron chi connectivity index (χ1n) is 9.97. The lowest BCUT2D eigenvalue weighted by Crippen LogP contribution is -2.69. The molecule has 0 aromatic heterocycles. The van der Waals surface area contributed by atoms with Crippen LogP contribution >= 0.6 is 11.6 Å². The number of ether oxygens (including phenoxy) is 2. The number of likely N-dealkylation sites (tertiary alicyclic amines) is 2. The van der Waals surface area contributed by atoms with Gasteiger partial charge in [0.15, 0.2) is 0 Å². The summed E-state index contributed by atoms with van der Waals surface area (Å²) in [6, 6.07) is 4.04. The van der Waals surface area contributed by atoms with E-state index in [4.69, 9.17) is 21.1 Å². The monoisotopic (exact) mass is 423 g/mol. The summed E-state index contributed by atoms with van der Waals surface area (Å²) in [4.78, 5) is 28.0. The lowest BCUT2D eigenvalue weighted by molar-refractivity contribution is -0.140. The number of nitrogens with zero attached hydrogens (tertiary/aromatic N) is 2. The van der Waals surface area contributed by atoms with E-state index in [1.54, 1.807) is 6.07 Å². The fourth-order valence-electron chi connectivity index (χ4n) is 4.97. The SMILES string of the molecule is O=C1CO[C@@H]2CCN(C(=O)N3CC4(CC(Oc5ccc(F)cc5Cl)C4)C3)CC2N1. The zero-order valence-corrected chi connectivity index (χ0v) is 16.7. The molecule has 7 nitrogen and oxygen atoms in total. The second kappa shape index (κ2) is 7.02. The van der Waals surface area contributed by atoms with Crippen molar-refractivity contribution in [3.8, 4) is 5.75 Å². The van der Waals surface area contributed by atoms with Crippen LogP contribution in [0.4, 0.5) is 9.18 Å². The molecule has 0 radical (unpaired) electrons. The van der Waals surface area contributed by atoms with Crippen molar-refractivity contribution in [1.82, 2.24) is 15.1 Å². The van der Waals surface area contributed by atoms with E-state index < -0.39 is 0 Å². The highest BCUT2D eigenvalue weighted by Gasteiger charge is 2.55. The summed E-state index contributed by atoms with van der Waals surface area (Å²) >= 11 is 6.02. The minimum absolute atomic E-state index is 0.00214. The number of hydrogen-bond acceptors (Lipinski definition) is 4. The van der Waals surface area contributed by atoms with Crippen molar-refractivity contribution in [3.63, 3.8) is 0 Å². The van der Waals surface area contributed by atoms with Crippen LogP contribution in [0.25, 0.3) is 0 Å². The van der Waals surface area contributed by atoms with Crippen molar-refractivity contribution in [2.24, 2.45) is 5.41 Å². The van der Waals surface area contributed by atoms with Gasteiger partial charge in [0.05, 0.1) is 17.2 Å². The maximum atomic E-state index is 13.1. The molecule has 1 saturated carbocycles. The third-order valence-electron chi connectivity index (χ3n) is 6.43. The van der Waals surface area contributed by atoms with Crippen molar-refractivity contribution in [2.75, 3.05) is 32.8 Å². The highest BCUT2D eigenvalue weighted by molar-refractivity contribution is 6.32. The number of benzene rings is 1.